The van der Waals surface area contributed by atoms with E-state index in [0.717, 1.165) is 44.1 Å². The van der Waals surface area contributed by atoms with Gasteiger partial charge >= 0.3 is 0 Å². The third-order valence-corrected chi connectivity index (χ3v) is 5.36. The number of anilines is 2. The highest BCUT2D eigenvalue weighted by atomic mass is 16.5. The van der Waals surface area contributed by atoms with Crippen molar-refractivity contribution in [3.8, 4) is 0 Å². The van der Waals surface area contributed by atoms with E-state index in [1.807, 2.05) is 30.2 Å². The summed E-state index contributed by atoms with van der Waals surface area (Å²) in [6, 6.07) is 8.09. The summed E-state index contributed by atoms with van der Waals surface area (Å²) in [5.41, 5.74) is 2.92. The summed E-state index contributed by atoms with van der Waals surface area (Å²) >= 11 is 0. The van der Waals surface area contributed by atoms with Crippen LogP contribution in [0.25, 0.3) is 0 Å². The van der Waals surface area contributed by atoms with Crippen molar-refractivity contribution in [3.63, 3.8) is 0 Å². The van der Waals surface area contributed by atoms with Crippen molar-refractivity contribution in [2.45, 2.75) is 13.3 Å². The molecule has 2 fully saturated rings. The van der Waals surface area contributed by atoms with Crippen LogP contribution in [0.15, 0.2) is 36.7 Å². The molecule has 4 heterocycles. The molecule has 0 N–H and O–H groups in total. The maximum absolute atomic E-state index is 12.6. The molecule has 0 saturated carbocycles. The fraction of sp³-hybridized carbons (Fsp3) is 0.476. The van der Waals surface area contributed by atoms with Gasteiger partial charge in [0, 0.05) is 63.0 Å². The van der Waals surface area contributed by atoms with Crippen molar-refractivity contribution in [2.24, 2.45) is 0 Å². The lowest BCUT2D eigenvalue weighted by Crippen LogP contribution is -2.40. The van der Waals surface area contributed by atoms with Crippen LogP contribution in [0.5, 0.6) is 0 Å². The predicted molar refractivity (Wildman–Crippen MR) is 109 cm³/mol. The average Bonchev–Trinajstić information content (AvgIpc) is 3.00. The lowest BCUT2D eigenvalue weighted by molar-refractivity contribution is 0.0302. The van der Waals surface area contributed by atoms with Gasteiger partial charge < -0.3 is 19.4 Å². The molecule has 0 bridgehead atoms. The van der Waals surface area contributed by atoms with E-state index < -0.39 is 0 Å². The van der Waals surface area contributed by atoms with Crippen molar-refractivity contribution in [2.75, 3.05) is 62.3 Å². The SMILES string of the molecule is Cc1cc(N2CCCN(c3ccc(C(=O)N4CCOCC4)cn3)CC2)ccn1. The number of hydrogen-bond donors (Lipinski definition) is 0. The molecule has 1 amide bonds. The van der Waals surface area contributed by atoms with Gasteiger partial charge in [0.05, 0.1) is 18.8 Å². The van der Waals surface area contributed by atoms with Gasteiger partial charge in [-0.1, -0.05) is 0 Å². The van der Waals surface area contributed by atoms with Crippen LogP contribution < -0.4 is 9.80 Å². The molecular weight excluding hydrogens is 354 g/mol. The second-order valence-electron chi connectivity index (χ2n) is 7.29. The number of hydrogen-bond acceptors (Lipinski definition) is 6. The van der Waals surface area contributed by atoms with E-state index in [2.05, 4.69) is 31.9 Å². The van der Waals surface area contributed by atoms with Crippen LogP contribution in [-0.2, 0) is 4.74 Å². The number of aromatic nitrogens is 2. The van der Waals surface area contributed by atoms with Gasteiger partial charge in [0.2, 0.25) is 0 Å². The molecule has 2 aromatic heterocycles. The molecule has 2 aliphatic rings. The first-order valence-corrected chi connectivity index (χ1v) is 9.96. The largest absolute Gasteiger partial charge is 0.378 e. The van der Waals surface area contributed by atoms with E-state index >= 15 is 0 Å². The Morgan fingerprint density at radius 1 is 0.964 bits per heavy atom. The monoisotopic (exact) mass is 381 g/mol. The Hall–Kier alpha value is -2.67. The van der Waals surface area contributed by atoms with Crippen LogP contribution >= 0.6 is 0 Å². The number of pyridine rings is 2. The Morgan fingerprint density at radius 2 is 1.75 bits per heavy atom. The molecule has 2 aliphatic heterocycles. The minimum Gasteiger partial charge on any atom is -0.378 e. The summed E-state index contributed by atoms with van der Waals surface area (Å²) in [5.74, 6) is 0.976. The molecule has 7 heteroatoms. The maximum Gasteiger partial charge on any atom is 0.255 e. The van der Waals surface area contributed by atoms with Gasteiger partial charge in [0.25, 0.3) is 5.91 Å². The van der Waals surface area contributed by atoms with Gasteiger partial charge in [-0.15, -0.1) is 0 Å². The van der Waals surface area contributed by atoms with E-state index in [9.17, 15) is 4.79 Å². The first-order valence-electron chi connectivity index (χ1n) is 9.96. The van der Waals surface area contributed by atoms with Gasteiger partial charge in [-0.3, -0.25) is 9.78 Å². The summed E-state index contributed by atoms with van der Waals surface area (Å²) in [4.78, 5) is 28.0. The molecule has 0 unspecified atom stereocenters. The molecule has 148 valence electrons. The Morgan fingerprint density at radius 3 is 2.50 bits per heavy atom. The molecule has 0 atom stereocenters. The lowest BCUT2D eigenvalue weighted by atomic mass is 10.2. The highest BCUT2D eigenvalue weighted by molar-refractivity contribution is 5.94. The highest BCUT2D eigenvalue weighted by Gasteiger charge is 2.20. The van der Waals surface area contributed by atoms with Crippen molar-refractivity contribution >= 4 is 17.4 Å². The van der Waals surface area contributed by atoms with Gasteiger partial charge in [0.1, 0.15) is 5.82 Å². The number of ether oxygens (including phenoxy) is 1. The molecule has 0 radical (unpaired) electrons. The standard InChI is InChI=1S/C21H27N5O2/c1-17-15-19(5-6-22-17)24-7-2-8-25(10-9-24)20-4-3-18(16-23-20)21(27)26-11-13-28-14-12-26/h3-6,15-16H,2,7-14H2,1H3. The number of carbonyl (C=O) groups excluding carboxylic acids is 1. The summed E-state index contributed by atoms with van der Waals surface area (Å²) in [7, 11) is 0. The predicted octanol–water partition coefficient (Wildman–Crippen LogP) is 1.97. The normalized spacial score (nSPS) is 18.1. The lowest BCUT2D eigenvalue weighted by Gasteiger charge is -2.27. The van der Waals surface area contributed by atoms with Crippen molar-refractivity contribution in [3.05, 3.63) is 47.9 Å². The molecule has 0 aromatic carbocycles. The Labute approximate surface area is 165 Å². The second-order valence-corrected chi connectivity index (χ2v) is 7.29. The van der Waals surface area contributed by atoms with Crippen LogP contribution in [-0.4, -0.2) is 73.3 Å². The fourth-order valence-electron chi connectivity index (χ4n) is 3.78. The highest BCUT2D eigenvalue weighted by Crippen LogP contribution is 2.20. The quantitative estimate of drug-likeness (QED) is 0.810. The topological polar surface area (TPSA) is 61.8 Å². The first kappa shape index (κ1) is 18.7. The van der Waals surface area contributed by atoms with Crippen molar-refractivity contribution in [1.82, 2.24) is 14.9 Å². The van der Waals surface area contributed by atoms with E-state index in [-0.39, 0.29) is 5.91 Å². The van der Waals surface area contributed by atoms with E-state index in [1.165, 1.54) is 5.69 Å². The van der Waals surface area contributed by atoms with E-state index in [4.69, 9.17) is 4.74 Å². The molecule has 28 heavy (non-hydrogen) atoms. The molecule has 0 aliphatic carbocycles. The zero-order valence-electron chi connectivity index (χ0n) is 16.4. The molecule has 2 aromatic rings. The Kier molecular flexibility index (Phi) is 5.71. The van der Waals surface area contributed by atoms with Crippen LogP contribution in [0.2, 0.25) is 0 Å². The number of amides is 1. The molecule has 4 rings (SSSR count). The number of carbonyl (C=O) groups is 1. The third-order valence-electron chi connectivity index (χ3n) is 5.36. The fourth-order valence-corrected chi connectivity index (χ4v) is 3.78. The summed E-state index contributed by atoms with van der Waals surface area (Å²) in [5, 5.41) is 0. The van der Waals surface area contributed by atoms with Crippen LogP contribution in [0.1, 0.15) is 22.5 Å². The maximum atomic E-state index is 12.6. The smallest absolute Gasteiger partial charge is 0.255 e. The molecule has 2 saturated heterocycles. The second kappa shape index (κ2) is 8.56. The van der Waals surface area contributed by atoms with E-state index in [1.54, 1.807) is 6.20 Å². The number of nitrogens with zero attached hydrogens (tertiary/aromatic N) is 5. The summed E-state index contributed by atoms with van der Waals surface area (Å²) < 4.78 is 5.32. The zero-order valence-corrected chi connectivity index (χ0v) is 16.4. The van der Waals surface area contributed by atoms with Crippen LogP contribution in [0.3, 0.4) is 0 Å². The van der Waals surface area contributed by atoms with Crippen LogP contribution in [0, 0.1) is 6.92 Å². The molecular formula is C21H27N5O2. The Bertz CT molecular complexity index is 805. The minimum atomic E-state index is 0.0393. The zero-order chi connectivity index (χ0) is 19.3. The Balaban J connectivity index is 1.39. The number of aryl methyl sites for hydroxylation is 1. The number of rotatable bonds is 3. The molecule has 7 nitrogen and oxygen atoms in total. The average molecular weight is 381 g/mol. The van der Waals surface area contributed by atoms with Crippen molar-refractivity contribution < 1.29 is 9.53 Å². The van der Waals surface area contributed by atoms with Gasteiger partial charge in [-0.05, 0) is 37.6 Å². The molecule has 0 spiro atoms. The van der Waals surface area contributed by atoms with Gasteiger partial charge in [-0.25, -0.2) is 4.98 Å². The first-order chi connectivity index (χ1) is 13.7. The minimum absolute atomic E-state index is 0.0393. The van der Waals surface area contributed by atoms with Crippen molar-refractivity contribution in [1.29, 1.82) is 0 Å². The number of morpholine rings is 1. The third kappa shape index (κ3) is 4.25. The van der Waals surface area contributed by atoms with Gasteiger partial charge in [-0.2, -0.15) is 0 Å². The summed E-state index contributed by atoms with van der Waals surface area (Å²) in [6.45, 7) is 8.38. The van der Waals surface area contributed by atoms with Gasteiger partial charge in [0.15, 0.2) is 0 Å². The van der Waals surface area contributed by atoms with Crippen LogP contribution in [0.4, 0.5) is 11.5 Å². The summed E-state index contributed by atoms with van der Waals surface area (Å²) in [6.07, 6.45) is 4.65. The van der Waals surface area contributed by atoms with E-state index in [0.29, 0.717) is 31.9 Å².